The van der Waals surface area contributed by atoms with Gasteiger partial charge in [-0.15, -0.1) is 0 Å². The number of nitrogens with zero attached hydrogens (tertiary/aromatic N) is 1. The van der Waals surface area contributed by atoms with Crippen molar-refractivity contribution >= 4 is 33.7 Å². The quantitative estimate of drug-likeness (QED) is 0.410. The average Bonchev–Trinajstić information content (AvgIpc) is 3.02. The molecular formula is C24H19BrN2O4. The monoisotopic (exact) mass is 478 g/mol. The Labute approximate surface area is 188 Å². The molecule has 0 unspecified atom stereocenters. The van der Waals surface area contributed by atoms with E-state index in [1.807, 2.05) is 24.3 Å². The van der Waals surface area contributed by atoms with E-state index >= 15 is 0 Å². The van der Waals surface area contributed by atoms with Crippen molar-refractivity contribution in [3.05, 3.63) is 99.5 Å². The average molecular weight is 479 g/mol. The Morgan fingerprint density at radius 3 is 2.32 bits per heavy atom. The van der Waals surface area contributed by atoms with Crippen molar-refractivity contribution in [2.45, 2.75) is 6.54 Å². The van der Waals surface area contributed by atoms with E-state index in [9.17, 15) is 14.4 Å². The first-order valence-corrected chi connectivity index (χ1v) is 10.5. The fourth-order valence-electron chi connectivity index (χ4n) is 3.37. The second kappa shape index (κ2) is 9.14. The molecule has 0 saturated heterocycles. The van der Waals surface area contributed by atoms with Crippen molar-refractivity contribution in [1.29, 1.82) is 0 Å². The maximum absolute atomic E-state index is 12.6. The van der Waals surface area contributed by atoms with E-state index in [1.54, 1.807) is 48.5 Å². The van der Waals surface area contributed by atoms with E-state index in [2.05, 4.69) is 21.2 Å². The number of halogens is 1. The number of carbonyl (C=O) groups excluding carboxylic acids is 3. The molecule has 4 rings (SSSR count). The summed E-state index contributed by atoms with van der Waals surface area (Å²) in [6, 6.07) is 21.1. The van der Waals surface area contributed by atoms with Crippen LogP contribution in [0, 0.1) is 0 Å². The van der Waals surface area contributed by atoms with Crippen molar-refractivity contribution in [3.8, 4) is 5.75 Å². The lowest BCUT2D eigenvalue weighted by Gasteiger charge is -2.14. The van der Waals surface area contributed by atoms with Gasteiger partial charge in [0.2, 0.25) is 0 Å². The zero-order chi connectivity index (χ0) is 21.8. The highest BCUT2D eigenvalue weighted by Crippen LogP contribution is 2.24. The lowest BCUT2D eigenvalue weighted by atomic mass is 10.1. The summed E-state index contributed by atoms with van der Waals surface area (Å²) in [7, 11) is 0. The summed E-state index contributed by atoms with van der Waals surface area (Å²) in [6.45, 7) is 0.782. The van der Waals surface area contributed by atoms with Gasteiger partial charge in [-0.05, 0) is 48.0 Å². The molecule has 0 aliphatic carbocycles. The Balaban J connectivity index is 1.34. The minimum atomic E-state index is -0.319. The number of ether oxygens (including phenoxy) is 1. The van der Waals surface area contributed by atoms with Crippen LogP contribution in [-0.2, 0) is 6.54 Å². The van der Waals surface area contributed by atoms with Gasteiger partial charge in [0.1, 0.15) is 12.4 Å². The van der Waals surface area contributed by atoms with Crippen molar-refractivity contribution in [1.82, 2.24) is 10.2 Å². The van der Waals surface area contributed by atoms with E-state index in [-0.39, 0.29) is 24.3 Å². The van der Waals surface area contributed by atoms with Gasteiger partial charge in [-0.2, -0.15) is 0 Å². The first-order chi connectivity index (χ1) is 15.0. The van der Waals surface area contributed by atoms with Crippen LogP contribution in [0.15, 0.2) is 77.3 Å². The number of rotatable bonds is 7. The number of hydrogen-bond acceptors (Lipinski definition) is 4. The summed E-state index contributed by atoms with van der Waals surface area (Å²) < 4.78 is 6.53. The Kier molecular flexibility index (Phi) is 6.13. The van der Waals surface area contributed by atoms with Gasteiger partial charge in [0, 0.05) is 10.0 Å². The maximum Gasteiger partial charge on any atom is 0.261 e. The van der Waals surface area contributed by atoms with E-state index in [0.717, 1.165) is 4.47 Å². The van der Waals surface area contributed by atoms with Crippen LogP contribution in [0.25, 0.3) is 0 Å². The zero-order valence-electron chi connectivity index (χ0n) is 16.5. The second-order valence-electron chi connectivity index (χ2n) is 7.00. The summed E-state index contributed by atoms with van der Waals surface area (Å²) in [5, 5.41) is 2.81. The number of nitrogens with one attached hydrogen (secondary N) is 1. The van der Waals surface area contributed by atoms with Gasteiger partial charge < -0.3 is 10.1 Å². The largest absolute Gasteiger partial charge is 0.492 e. The fourth-order valence-corrected chi connectivity index (χ4v) is 3.75. The van der Waals surface area contributed by atoms with E-state index in [4.69, 9.17) is 4.74 Å². The van der Waals surface area contributed by atoms with Gasteiger partial charge >= 0.3 is 0 Å². The third-order valence-electron chi connectivity index (χ3n) is 4.86. The van der Waals surface area contributed by atoms with Gasteiger partial charge in [-0.25, -0.2) is 0 Å². The maximum atomic E-state index is 12.6. The Morgan fingerprint density at radius 1 is 0.903 bits per heavy atom. The zero-order valence-corrected chi connectivity index (χ0v) is 18.1. The molecule has 3 aromatic carbocycles. The highest BCUT2D eigenvalue weighted by Gasteiger charge is 2.34. The van der Waals surface area contributed by atoms with Crippen molar-refractivity contribution in [2.24, 2.45) is 0 Å². The van der Waals surface area contributed by atoms with Crippen LogP contribution in [0.3, 0.4) is 0 Å². The summed E-state index contributed by atoms with van der Waals surface area (Å²) in [5.74, 6) is -0.172. The van der Waals surface area contributed by atoms with Crippen molar-refractivity contribution in [2.75, 3.05) is 13.2 Å². The number of fused-ring (bicyclic) bond motifs is 1. The van der Waals surface area contributed by atoms with Gasteiger partial charge in [0.15, 0.2) is 0 Å². The molecule has 0 aromatic heterocycles. The molecule has 1 N–H and O–H groups in total. The second-order valence-corrected chi connectivity index (χ2v) is 7.92. The third kappa shape index (κ3) is 4.67. The van der Waals surface area contributed by atoms with E-state index in [1.165, 1.54) is 4.90 Å². The smallest absolute Gasteiger partial charge is 0.261 e. The molecule has 3 amide bonds. The number of amides is 3. The first kappa shape index (κ1) is 20.8. The summed E-state index contributed by atoms with van der Waals surface area (Å²) >= 11 is 3.38. The molecule has 7 heteroatoms. The normalized spacial score (nSPS) is 12.6. The fraction of sp³-hybridized carbons (Fsp3) is 0.125. The van der Waals surface area contributed by atoms with Crippen LogP contribution < -0.4 is 10.1 Å². The summed E-state index contributed by atoms with van der Waals surface area (Å²) in [4.78, 5) is 38.8. The minimum Gasteiger partial charge on any atom is -0.492 e. The number of imide groups is 1. The predicted octanol–water partition coefficient (Wildman–Crippen LogP) is 4.05. The molecule has 0 saturated carbocycles. The Morgan fingerprint density at radius 2 is 1.61 bits per heavy atom. The molecular weight excluding hydrogens is 460 g/mol. The molecule has 31 heavy (non-hydrogen) atoms. The van der Waals surface area contributed by atoms with Crippen LogP contribution in [0.4, 0.5) is 0 Å². The van der Waals surface area contributed by atoms with Crippen LogP contribution in [0.2, 0.25) is 0 Å². The Hall–Kier alpha value is -3.45. The van der Waals surface area contributed by atoms with Crippen molar-refractivity contribution < 1.29 is 19.1 Å². The van der Waals surface area contributed by atoms with Crippen LogP contribution >= 0.6 is 15.9 Å². The molecule has 1 aliphatic rings. The molecule has 0 spiro atoms. The van der Waals surface area contributed by atoms with Gasteiger partial charge in [0.25, 0.3) is 17.7 Å². The molecule has 3 aromatic rings. The predicted molar refractivity (Wildman–Crippen MR) is 119 cm³/mol. The van der Waals surface area contributed by atoms with Gasteiger partial charge in [0.05, 0.1) is 24.2 Å². The first-order valence-electron chi connectivity index (χ1n) is 9.73. The third-order valence-corrected chi connectivity index (χ3v) is 5.35. The minimum absolute atomic E-state index is 0.111. The summed E-state index contributed by atoms with van der Waals surface area (Å²) in [5.41, 5.74) is 1.97. The molecule has 1 aliphatic heterocycles. The van der Waals surface area contributed by atoms with Crippen molar-refractivity contribution in [3.63, 3.8) is 0 Å². The van der Waals surface area contributed by atoms with Crippen LogP contribution in [-0.4, -0.2) is 35.8 Å². The number of benzene rings is 3. The summed E-state index contributed by atoms with van der Waals surface area (Å²) in [6.07, 6.45) is 0. The molecule has 1 heterocycles. The highest BCUT2D eigenvalue weighted by molar-refractivity contribution is 9.10. The van der Waals surface area contributed by atoms with Gasteiger partial charge in [-0.1, -0.05) is 46.3 Å². The Bertz CT molecular complexity index is 1130. The van der Waals surface area contributed by atoms with Crippen LogP contribution in [0.5, 0.6) is 5.75 Å². The standard InChI is InChI=1S/C24H19BrN2O4/c25-18-7-4-8-19(14-18)31-12-11-26-22(28)17-6-3-5-16(13-17)15-27-23(29)20-9-1-2-10-21(20)24(27)30/h1-10,13-14H,11-12,15H2,(H,26,28). The molecule has 0 bridgehead atoms. The van der Waals surface area contributed by atoms with Gasteiger partial charge in [-0.3, -0.25) is 19.3 Å². The molecule has 0 atom stereocenters. The topological polar surface area (TPSA) is 75.7 Å². The lowest BCUT2D eigenvalue weighted by molar-refractivity contribution is 0.0642. The SMILES string of the molecule is O=C(NCCOc1cccc(Br)c1)c1cccc(CN2C(=O)c3ccccc3C2=O)c1. The molecule has 0 fully saturated rings. The molecule has 0 radical (unpaired) electrons. The van der Waals surface area contributed by atoms with E-state index < -0.39 is 0 Å². The molecule has 156 valence electrons. The van der Waals surface area contributed by atoms with E-state index in [0.29, 0.717) is 41.2 Å². The number of hydrogen-bond donors (Lipinski definition) is 1. The van der Waals surface area contributed by atoms with Crippen LogP contribution in [0.1, 0.15) is 36.6 Å². The lowest BCUT2D eigenvalue weighted by Crippen LogP contribution is -2.30. The number of carbonyl (C=O) groups is 3. The molecule has 6 nitrogen and oxygen atoms in total. The highest BCUT2D eigenvalue weighted by atomic mass is 79.9.